The van der Waals surface area contributed by atoms with Crippen LogP contribution in [0.15, 0.2) is 54.7 Å². The molecule has 9 heteroatoms. The smallest absolute Gasteiger partial charge is 0.337 e. The first kappa shape index (κ1) is 20.7. The SMILES string of the molecule is COC(=O)c1cc(CNC(=O)c2ccnn2C)cc(NC(=O)c2ccccc2F)c1. The number of ether oxygens (including phenoxy) is 1. The van der Waals surface area contributed by atoms with Crippen molar-refractivity contribution in [3.63, 3.8) is 0 Å². The summed E-state index contributed by atoms with van der Waals surface area (Å²) in [5, 5.41) is 9.23. The number of rotatable bonds is 6. The summed E-state index contributed by atoms with van der Waals surface area (Å²) in [6.45, 7) is 0.0808. The average Bonchev–Trinajstić information content (AvgIpc) is 3.17. The Kier molecular flexibility index (Phi) is 6.21. The lowest BCUT2D eigenvalue weighted by Crippen LogP contribution is -2.25. The highest BCUT2D eigenvalue weighted by Gasteiger charge is 2.15. The van der Waals surface area contributed by atoms with Gasteiger partial charge in [-0.2, -0.15) is 5.10 Å². The van der Waals surface area contributed by atoms with E-state index in [-0.39, 0.29) is 29.3 Å². The first-order chi connectivity index (χ1) is 14.4. The first-order valence-electron chi connectivity index (χ1n) is 8.93. The Labute approximate surface area is 171 Å². The van der Waals surface area contributed by atoms with Gasteiger partial charge in [0.15, 0.2) is 0 Å². The van der Waals surface area contributed by atoms with Gasteiger partial charge in [-0.15, -0.1) is 0 Å². The highest BCUT2D eigenvalue weighted by molar-refractivity contribution is 6.05. The number of aryl methyl sites for hydroxylation is 1. The molecular weight excluding hydrogens is 391 g/mol. The molecule has 0 aliphatic heterocycles. The molecule has 0 aliphatic carbocycles. The third-order valence-electron chi connectivity index (χ3n) is 4.30. The fourth-order valence-corrected chi connectivity index (χ4v) is 2.82. The number of anilines is 1. The summed E-state index contributed by atoms with van der Waals surface area (Å²) >= 11 is 0. The molecule has 0 saturated carbocycles. The molecule has 0 radical (unpaired) electrons. The van der Waals surface area contributed by atoms with E-state index in [0.717, 1.165) is 0 Å². The minimum Gasteiger partial charge on any atom is -0.465 e. The molecule has 2 aromatic carbocycles. The number of benzene rings is 2. The zero-order chi connectivity index (χ0) is 21.7. The number of esters is 1. The molecule has 2 amide bonds. The third kappa shape index (κ3) is 4.69. The van der Waals surface area contributed by atoms with E-state index in [9.17, 15) is 18.8 Å². The second-order valence-electron chi connectivity index (χ2n) is 6.37. The second-order valence-corrected chi connectivity index (χ2v) is 6.37. The predicted molar refractivity (Wildman–Crippen MR) is 107 cm³/mol. The number of amides is 2. The molecule has 3 rings (SSSR count). The summed E-state index contributed by atoms with van der Waals surface area (Å²) in [6, 6.07) is 11.7. The lowest BCUT2D eigenvalue weighted by atomic mass is 10.1. The fraction of sp³-hybridized carbons (Fsp3) is 0.143. The highest BCUT2D eigenvalue weighted by atomic mass is 19.1. The van der Waals surface area contributed by atoms with Crippen LogP contribution in [-0.4, -0.2) is 34.7 Å². The van der Waals surface area contributed by atoms with E-state index in [0.29, 0.717) is 11.3 Å². The molecule has 2 N–H and O–H groups in total. The van der Waals surface area contributed by atoms with E-state index in [1.54, 1.807) is 25.2 Å². The molecule has 0 unspecified atom stereocenters. The van der Waals surface area contributed by atoms with Gasteiger partial charge in [-0.3, -0.25) is 14.3 Å². The number of carbonyl (C=O) groups is 3. The van der Waals surface area contributed by atoms with Gasteiger partial charge in [0.05, 0.1) is 18.2 Å². The summed E-state index contributed by atoms with van der Waals surface area (Å²) in [5.74, 6) is -2.30. The Morgan fingerprint density at radius 2 is 1.87 bits per heavy atom. The van der Waals surface area contributed by atoms with Crippen molar-refractivity contribution < 1.29 is 23.5 Å². The maximum Gasteiger partial charge on any atom is 0.337 e. The number of hydrogen-bond donors (Lipinski definition) is 2. The number of methoxy groups -OCH3 is 1. The van der Waals surface area contributed by atoms with Crippen LogP contribution in [0.5, 0.6) is 0 Å². The molecule has 8 nitrogen and oxygen atoms in total. The van der Waals surface area contributed by atoms with E-state index in [4.69, 9.17) is 4.74 Å². The Hall–Kier alpha value is -4.01. The standard InChI is InChI=1S/C21H19FN4O4/c1-26-18(7-8-24-26)20(28)23-12-13-9-14(21(29)30-2)11-15(10-13)25-19(27)16-5-3-4-6-17(16)22/h3-11H,12H2,1-2H3,(H,23,28)(H,25,27). The Balaban J connectivity index is 1.82. The Morgan fingerprint density at radius 1 is 1.10 bits per heavy atom. The average molecular weight is 410 g/mol. The number of hydrogen-bond acceptors (Lipinski definition) is 5. The van der Waals surface area contributed by atoms with E-state index >= 15 is 0 Å². The normalized spacial score (nSPS) is 10.4. The largest absolute Gasteiger partial charge is 0.465 e. The monoisotopic (exact) mass is 410 g/mol. The van der Waals surface area contributed by atoms with E-state index in [2.05, 4.69) is 15.7 Å². The predicted octanol–water partition coefficient (Wildman–Crippen LogP) is 2.53. The fourth-order valence-electron chi connectivity index (χ4n) is 2.82. The molecule has 0 atom stereocenters. The van der Waals surface area contributed by atoms with Crippen molar-refractivity contribution in [3.8, 4) is 0 Å². The van der Waals surface area contributed by atoms with Gasteiger partial charge in [0, 0.05) is 25.5 Å². The zero-order valence-corrected chi connectivity index (χ0v) is 16.3. The zero-order valence-electron chi connectivity index (χ0n) is 16.3. The molecule has 3 aromatic rings. The molecule has 0 bridgehead atoms. The molecule has 0 fully saturated rings. The minimum absolute atomic E-state index is 0.0808. The van der Waals surface area contributed by atoms with Crippen LogP contribution in [0.3, 0.4) is 0 Å². The summed E-state index contributed by atoms with van der Waals surface area (Å²) in [6.07, 6.45) is 1.50. The van der Waals surface area contributed by atoms with Gasteiger partial charge < -0.3 is 15.4 Å². The number of carbonyl (C=O) groups excluding carboxylic acids is 3. The Bertz CT molecular complexity index is 1110. The molecular formula is C21H19FN4O4. The summed E-state index contributed by atoms with van der Waals surface area (Å²) < 4.78 is 20.0. The first-order valence-corrected chi connectivity index (χ1v) is 8.93. The summed E-state index contributed by atoms with van der Waals surface area (Å²) in [7, 11) is 2.87. The van der Waals surface area contributed by atoms with Crippen molar-refractivity contribution in [1.82, 2.24) is 15.1 Å². The molecule has 1 heterocycles. The summed E-state index contributed by atoms with van der Waals surface area (Å²) in [4.78, 5) is 36.7. The van der Waals surface area contributed by atoms with Crippen molar-refractivity contribution in [1.29, 1.82) is 0 Å². The molecule has 154 valence electrons. The maximum absolute atomic E-state index is 13.9. The van der Waals surface area contributed by atoms with Crippen LogP contribution < -0.4 is 10.6 Å². The lowest BCUT2D eigenvalue weighted by molar-refractivity contribution is 0.0600. The van der Waals surface area contributed by atoms with Gasteiger partial charge in [0.25, 0.3) is 11.8 Å². The second kappa shape index (κ2) is 8.99. The van der Waals surface area contributed by atoms with Crippen molar-refractivity contribution >= 4 is 23.5 Å². The van der Waals surface area contributed by atoms with Crippen LogP contribution in [0.1, 0.15) is 36.8 Å². The van der Waals surface area contributed by atoms with Crippen LogP contribution in [0, 0.1) is 5.82 Å². The van der Waals surface area contributed by atoms with Crippen molar-refractivity contribution in [2.75, 3.05) is 12.4 Å². The van der Waals surface area contributed by atoms with Crippen LogP contribution in [0.4, 0.5) is 10.1 Å². The van der Waals surface area contributed by atoms with Crippen molar-refractivity contribution in [3.05, 3.63) is 82.9 Å². The molecule has 0 saturated heterocycles. The van der Waals surface area contributed by atoms with Gasteiger partial charge in [0.2, 0.25) is 0 Å². The molecule has 30 heavy (non-hydrogen) atoms. The van der Waals surface area contributed by atoms with E-state index in [1.807, 2.05) is 0 Å². The maximum atomic E-state index is 13.9. The van der Waals surface area contributed by atoms with Crippen molar-refractivity contribution in [2.45, 2.75) is 6.54 Å². The number of aromatic nitrogens is 2. The van der Waals surface area contributed by atoms with E-state index in [1.165, 1.54) is 48.3 Å². The topological polar surface area (TPSA) is 102 Å². The van der Waals surface area contributed by atoms with Crippen molar-refractivity contribution in [2.24, 2.45) is 7.05 Å². The molecule has 0 spiro atoms. The van der Waals surface area contributed by atoms with Crippen LogP contribution >= 0.6 is 0 Å². The lowest BCUT2D eigenvalue weighted by Gasteiger charge is -2.12. The number of halogens is 1. The van der Waals surface area contributed by atoms with E-state index < -0.39 is 17.7 Å². The minimum atomic E-state index is -0.667. The highest BCUT2D eigenvalue weighted by Crippen LogP contribution is 2.18. The number of nitrogens with zero attached hydrogens (tertiary/aromatic N) is 2. The van der Waals surface area contributed by atoms with Gasteiger partial charge in [-0.05, 0) is 42.0 Å². The van der Waals surface area contributed by atoms with Crippen LogP contribution in [0.25, 0.3) is 0 Å². The van der Waals surface area contributed by atoms with Gasteiger partial charge in [-0.25, -0.2) is 9.18 Å². The van der Waals surface area contributed by atoms with Crippen LogP contribution in [0.2, 0.25) is 0 Å². The molecule has 0 aliphatic rings. The third-order valence-corrected chi connectivity index (χ3v) is 4.30. The molecule has 1 aromatic heterocycles. The summed E-state index contributed by atoms with van der Waals surface area (Å²) in [5.41, 5.74) is 1.21. The quantitative estimate of drug-likeness (QED) is 0.608. The van der Waals surface area contributed by atoms with Gasteiger partial charge in [-0.1, -0.05) is 12.1 Å². The van der Waals surface area contributed by atoms with Gasteiger partial charge in [0.1, 0.15) is 11.5 Å². The number of nitrogens with one attached hydrogen (secondary N) is 2. The Morgan fingerprint density at radius 3 is 2.53 bits per heavy atom. The van der Waals surface area contributed by atoms with Crippen LogP contribution in [-0.2, 0) is 18.3 Å². The van der Waals surface area contributed by atoms with Gasteiger partial charge >= 0.3 is 5.97 Å².